The minimum absolute atomic E-state index is 0.119. The van der Waals surface area contributed by atoms with Crippen molar-refractivity contribution in [2.45, 2.75) is 31.3 Å². The minimum atomic E-state index is -0.516. The van der Waals surface area contributed by atoms with Gasteiger partial charge in [0.25, 0.3) is 0 Å². The Morgan fingerprint density at radius 3 is 2.31 bits per heavy atom. The molecule has 0 heterocycles. The Bertz CT molecular complexity index is 300. The van der Waals surface area contributed by atoms with E-state index in [0.29, 0.717) is 0 Å². The Balaban J connectivity index is 2.20. The van der Waals surface area contributed by atoms with Crippen LogP contribution in [0.4, 0.5) is 4.39 Å². The fraction of sp³-hybridized carbons (Fsp3) is 0.455. The molecule has 1 saturated carbocycles. The molecule has 1 fully saturated rings. The fourth-order valence-electron chi connectivity index (χ4n) is 1.62. The molecule has 0 bridgehead atoms. The first kappa shape index (κ1) is 8.70. The molecular formula is C11H13FO. The normalized spacial score (nSPS) is 21.2. The van der Waals surface area contributed by atoms with Gasteiger partial charge in [-0.1, -0.05) is 19.1 Å². The molecule has 0 radical (unpaired) electrons. The average molecular weight is 180 g/mol. The lowest BCUT2D eigenvalue weighted by molar-refractivity contribution is 0.124. The summed E-state index contributed by atoms with van der Waals surface area (Å²) in [5, 5.41) is 9.83. The average Bonchev–Trinajstić information content (AvgIpc) is 2.85. The monoisotopic (exact) mass is 180 g/mol. The topological polar surface area (TPSA) is 20.2 Å². The number of aliphatic hydroxyl groups is 1. The molecule has 0 saturated heterocycles. The number of hydrogen-bond donors (Lipinski definition) is 1. The molecule has 1 N–H and O–H groups in total. The summed E-state index contributed by atoms with van der Waals surface area (Å²) in [6.07, 6.45) is 1.73. The first-order chi connectivity index (χ1) is 6.12. The van der Waals surface area contributed by atoms with Gasteiger partial charge >= 0.3 is 0 Å². The lowest BCUT2D eigenvalue weighted by Crippen LogP contribution is -2.16. The van der Waals surface area contributed by atoms with Crippen molar-refractivity contribution in [1.29, 1.82) is 0 Å². The SMILES string of the molecule is CC(c1ccc(F)cc1)C1(O)CC1. The Kier molecular flexibility index (Phi) is 1.88. The Labute approximate surface area is 77.2 Å². The van der Waals surface area contributed by atoms with Crippen LogP contribution in [0.2, 0.25) is 0 Å². The summed E-state index contributed by atoms with van der Waals surface area (Å²) in [4.78, 5) is 0. The molecule has 1 aliphatic rings. The molecule has 1 aromatic carbocycles. The third-order valence-corrected chi connectivity index (χ3v) is 2.94. The third-order valence-electron chi connectivity index (χ3n) is 2.94. The standard InChI is InChI=1S/C11H13FO/c1-8(11(13)6-7-11)9-2-4-10(12)5-3-9/h2-5,8,13H,6-7H2,1H3. The van der Waals surface area contributed by atoms with E-state index in [0.717, 1.165) is 18.4 Å². The van der Waals surface area contributed by atoms with Gasteiger partial charge in [0.15, 0.2) is 0 Å². The molecule has 1 aliphatic carbocycles. The molecule has 1 nitrogen and oxygen atoms in total. The molecule has 1 unspecified atom stereocenters. The molecule has 0 amide bonds. The number of hydrogen-bond acceptors (Lipinski definition) is 1. The second-order valence-corrected chi connectivity index (χ2v) is 3.88. The lowest BCUT2D eigenvalue weighted by atomic mass is 9.93. The summed E-state index contributed by atoms with van der Waals surface area (Å²) < 4.78 is 12.6. The van der Waals surface area contributed by atoms with Crippen LogP contribution in [-0.4, -0.2) is 10.7 Å². The zero-order valence-electron chi connectivity index (χ0n) is 7.63. The van der Waals surface area contributed by atoms with Crippen LogP contribution >= 0.6 is 0 Å². The van der Waals surface area contributed by atoms with Crippen LogP contribution in [0.15, 0.2) is 24.3 Å². The van der Waals surface area contributed by atoms with Gasteiger partial charge in [-0.25, -0.2) is 4.39 Å². The highest BCUT2D eigenvalue weighted by Gasteiger charge is 2.45. The summed E-state index contributed by atoms with van der Waals surface area (Å²) in [5.41, 5.74) is 0.499. The maximum atomic E-state index is 12.6. The first-order valence-corrected chi connectivity index (χ1v) is 4.60. The quantitative estimate of drug-likeness (QED) is 0.741. The first-order valence-electron chi connectivity index (χ1n) is 4.60. The van der Waals surface area contributed by atoms with E-state index in [1.165, 1.54) is 12.1 Å². The molecule has 2 heteroatoms. The van der Waals surface area contributed by atoms with E-state index in [4.69, 9.17) is 0 Å². The maximum Gasteiger partial charge on any atom is 0.123 e. The molecule has 0 spiro atoms. The van der Waals surface area contributed by atoms with Crippen molar-refractivity contribution in [3.8, 4) is 0 Å². The number of benzene rings is 1. The minimum Gasteiger partial charge on any atom is -0.389 e. The molecule has 0 aliphatic heterocycles. The van der Waals surface area contributed by atoms with Gasteiger partial charge < -0.3 is 5.11 Å². The second-order valence-electron chi connectivity index (χ2n) is 3.88. The zero-order valence-corrected chi connectivity index (χ0v) is 7.63. The van der Waals surface area contributed by atoms with Crippen molar-refractivity contribution in [2.75, 3.05) is 0 Å². The van der Waals surface area contributed by atoms with Gasteiger partial charge in [-0.3, -0.25) is 0 Å². The van der Waals surface area contributed by atoms with Crippen LogP contribution in [0, 0.1) is 5.82 Å². The Morgan fingerprint density at radius 2 is 1.85 bits per heavy atom. The van der Waals surface area contributed by atoms with Crippen molar-refractivity contribution < 1.29 is 9.50 Å². The number of rotatable bonds is 2. The second kappa shape index (κ2) is 2.81. The van der Waals surface area contributed by atoms with Gasteiger partial charge in [0.2, 0.25) is 0 Å². The highest BCUT2D eigenvalue weighted by atomic mass is 19.1. The third kappa shape index (κ3) is 1.59. The summed E-state index contributed by atoms with van der Waals surface area (Å²) in [6.45, 7) is 1.99. The van der Waals surface area contributed by atoms with Crippen LogP contribution < -0.4 is 0 Å². The van der Waals surface area contributed by atoms with E-state index in [2.05, 4.69) is 0 Å². The van der Waals surface area contributed by atoms with Gasteiger partial charge in [-0.2, -0.15) is 0 Å². The van der Waals surface area contributed by atoms with Gasteiger partial charge in [0, 0.05) is 5.92 Å². The smallest absolute Gasteiger partial charge is 0.123 e. The van der Waals surface area contributed by atoms with E-state index >= 15 is 0 Å². The molecule has 1 aromatic rings. The van der Waals surface area contributed by atoms with Crippen molar-refractivity contribution in [3.05, 3.63) is 35.6 Å². The van der Waals surface area contributed by atoms with E-state index in [9.17, 15) is 9.50 Å². The van der Waals surface area contributed by atoms with Gasteiger partial charge in [0.05, 0.1) is 5.60 Å². The molecular weight excluding hydrogens is 167 g/mol. The van der Waals surface area contributed by atoms with E-state index in [-0.39, 0.29) is 11.7 Å². The van der Waals surface area contributed by atoms with Crippen LogP contribution in [0.5, 0.6) is 0 Å². The van der Waals surface area contributed by atoms with Crippen LogP contribution in [0.1, 0.15) is 31.2 Å². The Morgan fingerprint density at radius 1 is 1.31 bits per heavy atom. The highest BCUT2D eigenvalue weighted by molar-refractivity contribution is 5.25. The number of halogens is 1. The summed E-state index contributed by atoms with van der Waals surface area (Å²) in [6, 6.07) is 6.38. The van der Waals surface area contributed by atoms with Crippen molar-refractivity contribution in [3.63, 3.8) is 0 Å². The van der Waals surface area contributed by atoms with Crippen LogP contribution in [0.25, 0.3) is 0 Å². The van der Waals surface area contributed by atoms with Crippen molar-refractivity contribution >= 4 is 0 Å². The van der Waals surface area contributed by atoms with E-state index in [1.807, 2.05) is 6.92 Å². The van der Waals surface area contributed by atoms with Crippen molar-refractivity contribution in [2.24, 2.45) is 0 Å². The van der Waals surface area contributed by atoms with E-state index in [1.54, 1.807) is 12.1 Å². The summed E-state index contributed by atoms with van der Waals surface area (Å²) in [7, 11) is 0. The fourth-order valence-corrected chi connectivity index (χ4v) is 1.62. The maximum absolute atomic E-state index is 12.6. The van der Waals surface area contributed by atoms with Crippen LogP contribution in [0.3, 0.4) is 0 Å². The Hall–Kier alpha value is -0.890. The zero-order chi connectivity index (χ0) is 9.47. The molecule has 70 valence electrons. The van der Waals surface area contributed by atoms with Crippen molar-refractivity contribution in [1.82, 2.24) is 0 Å². The predicted molar refractivity (Wildman–Crippen MR) is 49.0 cm³/mol. The molecule has 13 heavy (non-hydrogen) atoms. The van der Waals surface area contributed by atoms with E-state index < -0.39 is 5.60 Å². The summed E-state index contributed by atoms with van der Waals surface area (Å²) >= 11 is 0. The van der Waals surface area contributed by atoms with Crippen LogP contribution in [-0.2, 0) is 0 Å². The van der Waals surface area contributed by atoms with Gasteiger partial charge in [-0.15, -0.1) is 0 Å². The van der Waals surface area contributed by atoms with Gasteiger partial charge in [-0.05, 0) is 30.5 Å². The molecule has 2 rings (SSSR count). The molecule has 1 atom stereocenters. The predicted octanol–water partition coefficient (Wildman–Crippen LogP) is 2.45. The highest BCUT2D eigenvalue weighted by Crippen LogP contribution is 2.46. The van der Waals surface area contributed by atoms with Gasteiger partial charge in [0.1, 0.15) is 5.82 Å². The molecule has 0 aromatic heterocycles. The summed E-state index contributed by atoms with van der Waals surface area (Å²) in [5.74, 6) is -0.105. The lowest BCUT2D eigenvalue weighted by Gasteiger charge is -2.17. The largest absolute Gasteiger partial charge is 0.389 e.